The Balaban J connectivity index is 2.02. The molecule has 1 amide bonds. The van der Waals surface area contributed by atoms with Crippen LogP contribution in [0.2, 0.25) is 10.0 Å². The molecule has 1 aliphatic heterocycles. The van der Waals surface area contributed by atoms with E-state index in [1.54, 1.807) is 31.2 Å². The first-order valence-electron chi connectivity index (χ1n) is 11.2. The van der Waals surface area contributed by atoms with Gasteiger partial charge in [0, 0.05) is 16.6 Å². The highest BCUT2D eigenvalue weighted by Gasteiger charge is 2.66. The third kappa shape index (κ3) is 3.93. The Bertz CT molecular complexity index is 1110. The molecule has 4 nitrogen and oxygen atoms in total. The summed E-state index contributed by atoms with van der Waals surface area (Å²) in [6.45, 7) is 8.24. The van der Waals surface area contributed by atoms with E-state index in [1.165, 1.54) is 6.07 Å². The first-order valence-corrected chi connectivity index (χ1v) is 12.0. The van der Waals surface area contributed by atoms with Gasteiger partial charge in [0.1, 0.15) is 5.82 Å². The molecule has 1 spiro atoms. The van der Waals surface area contributed by atoms with Crippen LogP contribution >= 0.6 is 23.2 Å². The highest BCUT2D eigenvalue weighted by Crippen LogP contribution is 2.64. The van der Waals surface area contributed by atoms with E-state index in [0.717, 1.165) is 5.56 Å². The monoisotopic (exact) mass is 491 g/mol. The number of carbonyl (C=O) groups excluding carboxylic acids is 2. The number of hydrogen-bond donors (Lipinski definition) is 1. The molecule has 1 aliphatic carbocycles. The molecule has 1 heterocycles. The molecule has 1 N–H and O–H groups in total. The lowest BCUT2D eigenvalue weighted by atomic mass is 9.62. The van der Waals surface area contributed by atoms with Crippen molar-refractivity contribution in [3.8, 4) is 0 Å². The van der Waals surface area contributed by atoms with Crippen molar-refractivity contribution in [2.75, 3.05) is 11.9 Å². The summed E-state index contributed by atoms with van der Waals surface area (Å²) in [7, 11) is 0. The van der Waals surface area contributed by atoms with Crippen LogP contribution in [-0.4, -0.2) is 18.5 Å². The Morgan fingerprint density at radius 3 is 2.64 bits per heavy atom. The Hall–Kier alpha value is -2.11. The van der Waals surface area contributed by atoms with Crippen LogP contribution in [0.3, 0.4) is 0 Å². The molecule has 2 aromatic rings. The molecule has 33 heavy (non-hydrogen) atoms. The van der Waals surface area contributed by atoms with Crippen molar-refractivity contribution in [2.45, 2.75) is 51.9 Å². The average molecular weight is 492 g/mol. The number of carbonyl (C=O) groups is 2. The number of rotatable bonds is 4. The zero-order valence-corrected chi connectivity index (χ0v) is 20.7. The first kappa shape index (κ1) is 24.0. The van der Waals surface area contributed by atoms with Gasteiger partial charge in [0.05, 0.1) is 23.0 Å². The summed E-state index contributed by atoms with van der Waals surface area (Å²) >= 11 is 12.4. The molecule has 1 fully saturated rings. The number of halogens is 3. The molecule has 2 aliphatic rings. The van der Waals surface area contributed by atoms with E-state index in [2.05, 4.69) is 26.1 Å². The summed E-state index contributed by atoms with van der Waals surface area (Å²) < 4.78 is 20.9. The Morgan fingerprint density at radius 2 is 1.97 bits per heavy atom. The van der Waals surface area contributed by atoms with E-state index in [-0.39, 0.29) is 34.4 Å². The van der Waals surface area contributed by atoms with Gasteiger partial charge in [0.2, 0.25) is 5.91 Å². The Kier molecular flexibility index (Phi) is 6.25. The minimum Gasteiger partial charge on any atom is -0.466 e. The standard InChI is InChI=1S/C26H28Cl2FNO3/c1-5-33-23(31)17-11-14(13-25(2,3)4)26(21(17)16-7-6-8-19(28)22(16)29)18-10-9-15(27)12-20(18)30-24(26)32/h6-10,12,14,17,21H,5,11,13H2,1-4H3,(H,30,32)/t14-,17-,21-,26+/m0/s1. The SMILES string of the molecule is CCOC(=O)[C@H]1C[C@@H](CC(C)(C)C)[C@]2(C(=O)Nc3cc(Cl)ccc32)[C@H]1c1cccc(Cl)c1F. The largest absolute Gasteiger partial charge is 0.466 e. The molecule has 4 atom stereocenters. The van der Waals surface area contributed by atoms with Crippen LogP contribution in [0, 0.1) is 23.1 Å². The molecule has 0 bridgehead atoms. The summed E-state index contributed by atoms with van der Waals surface area (Å²) in [6, 6.07) is 10.0. The second kappa shape index (κ2) is 8.59. The van der Waals surface area contributed by atoms with Gasteiger partial charge in [0.15, 0.2) is 0 Å². The predicted molar refractivity (Wildman–Crippen MR) is 128 cm³/mol. The second-order valence-corrected chi connectivity index (χ2v) is 11.0. The third-order valence-corrected chi connectivity index (χ3v) is 7.42. The molecule has 2 aromatic carbocycles. The lowest BCUT2D eigenvalue weighted by Crippen LogP contribution is -2.45. The van der Waals surface area contributed by atoms with E-state index < -0.39 is 29.0 Å². The number of anilines is 1. The molecule has 7 heteroatoms. The summed E-state index contributed by atoms with van der Waals surface area (Å²) in [5.74, 6) is -2.97. The van der Waals surface area contributed by atoms with Crippen molar-refractivity contribution in [1.29, 1.82) is 0 Å². The van der Waals surface area contributed by atoms with Crippen LogP contribution in [0.15, 0.2) is 36.4 Å². The van der Waals surface area contributed by atoms with Gasteiger partial charge in [0.25, 0.3) is 0 Å². The zero-order valence-electron chi connectivity index (χ0n) is 19.2. The molecule has 0 radical (unpaired) electrons. The summed E-state index contributed by atoms with van der Waals surface area (Å²) in [5, 5.41) is 3.43. The van der Waals surface area contributed by atoms with Gasteiger partial charge in [-0.3, -0.25) is 9.59 Å². The number of nitrogens with one attached hydrogen (secondary N) is 1. The maximum atomic E-state index is 15.5. The molecule has 4 rings (SSSR count). The van der Waals surface area contributed by atoms with Gasteiger partial charge >= 0.3 is 5.97 Å². The summed E-state index contributed by atoms with van der Waals surface area (Å²) in [4.78, 5) is 27.1. The zero-order chi connectivity index (χ0) is 24.1. The molecular weight excluding hydrogens is 464 g/mol. The second-order valence-electron chi connectivity index (χ2n) is 10.2. The van der Waals surface area contributed by atoms with Crippen LogP contribution < -0.4 is 5.32 Å². The predicted octanol–water partition coefficient (Wildman–Crippen LogP) is 6.74. The first-order chi connectivity index (χ1) is 15.5. The smallest absolute Gasteiger partial charge is 0.309 e. The molecule has 0 unspecified atom stereocenters. The van der Waals surface area contributed by atoms with E-state index in [1.807, 2.05) is 6.07 Å². The van der Waals surface area contributed by atoms with Gasteiger partial charge in [-0.25, -0.2) is 4.39 Å². The van der Waals surface area contributed by atoms with Gasteiger partial charge in [-0.2, -0.15) is 0 Å². The molecule has 1 saturated carbocycles. The fourth-order valence-electron chi connectivity index (χ4n) is 5.93. The minimum atomic E-state index is -1.16. The van der Waals surface area contributed by atoms with E-state index in [0.29, 0.717) is 23.6 Å². The van der Waals surface area contributed by atoms with Gasteiger partial charge in [-0.1, -0.05) is 62.2 Å². The fourth-order valence-corrected chi connectivity index (χ4v) is 6.28. The summed E-state index contributed by atoms with van der Waals surface area (Å²) in [6.07, 6.45) is 1.07. The van der Waals surface area contributed by atoms with Gasteiger partial charge in [-0.05, 0) is 60.4 Å². The van der Waals surface area contributed by atoms with E-state index in [4.69, 9.17) is 27.9 Å². The maximum absolute atomic E-state index is 15.5. The fraction of sp³-hybridized carbons (Fsp3) is 0.462. The molecule has 176 valence electrons. The summed E-state index contributed by atoms with van der Waals surface area (Å²) in [5.41, 5.74) is 0.310. The van der Waals surface area contributed by atoms with Gasteiger partial charge in [-0.15, -0.1) is 0 Å². The Morgan fingerprint density at radius 1 is 1.24 bits per heavy atom. The number of esters is 1. The number of fused-ring (bicyclic) bond motifs is 2. The number of benzene rings is 2. The highest BCUT2D eigenvalue weighted by atomic mass is 35.5. The van der Waals surface area contributed by atoms with Crippen molar-refractivity contribution < 1.29 is 18.7 Å². The van der Waals surface area contributed by atoms with Crippen LogP contribution in [0.4, 0.5) is 10.1 Å². The molecule has 0 saturated heterocycles. The number of hydrogen-bond acceptors (Lipinski definition) is 3. The molecule has 0 aromatic heterocycles. The van der Waals surface area contributed by atoms with Crippen molar-refractivity contribution in [2.24, 2.45) is 17.3 Å². The van der Waals surface area contributed by atoms with Crippen LogP contribution in [0.5, 0.6) is 0 Å². The maximum Gasteiger partial charge on any atom is 0.309 e. The molecular formula is C26H28Cl2FNO3. The quantitative estimate of drug-likeness (QED) is 0.481. The van der Waals surface area contributed by atoms with Crippen molar-refractivity contribution in [1.82, 2.24) is 0 Å². The minimum absolute atomic E-state index is 0.0423. The third-order valence-electron chi connectivity index (χ3n) is 6.89. The van der Waals surface area contributed by atoms with Crippen molar-refractivity contribution in [3.63, 3.8) is 0 Å². The average Bonchev–Trinajstić information content (AvgIpc) is 3.19. The van der Waals surface area contributed by atoms with E-state index in [9.17, 15) is 9.59 Å². The van der Waals surface area contributed by atoms with Crippen LogP contribution in [0.1, 0.15) is 57.6 Å². The lowest BCUT2D eigenvalue weighted by Gasteiger charge is -2.38. The Labute approximate surface area is 203 Å². The highest BCUT2D eigenvalue weighted by molar-refractivity contribution is 6.31. The number of ether oxygens (including phenoxy) is 1. The lowest BCUT2D eigenvalue weighted by molar-refractivity contribution is -0.148. The normalized spacial score (nSPS) is 26.4. The van der Waals surface area contributed by atoms with Crippen LogP contribution in [-0.2, 0) is 19.7 Å². The number of amides is 1. The van der Waals surface area contributed by atoms with Gasteiger partial charge < -0.3 is 10.1 Å². The van der Waals surface area contributed by atoms with Crippen molar-refractivity contribution >= 4 is 40.8 Å². The topological polar surface area (TPSA) is 55.4 Å². The van der Waals surface area contributed by atoms with Crippen molar-refractivity contribution in [3.05, 3.63) is 63.4 Å². The van der Waals surface area contributed by atoms with Crippen LogP contribution in [0.25, 0.3) is 0 Å². The van der Waals surface area contributed by atoms with E-state index >= 15 is 4.39 Å².